The summed E-state index contributed by atoms with van der Waals surface area (Å²) >= 11 is 0. The molecule has 1 fully saturated rings. The van der Waals surface area contributed by atoms with Crippen LogP contribution in [0, 0.1) is 11.2 Å². The Labute approximate surface area is 220 Å². The van der Waals surface area contributed by atoms with Gasteiger partial charge in [0.15, 0.2) is 5.84 Å². The maximum Gasteiger partial charge on any atom is 0.225 e. The van der Waals surface area contributed by atoms with Gasteiger partial charge in [-0.05, 0) is 37.6 Å². The van der Waals surface area contributed by atoms with Crippen molar-refractivity contribution in [1.29, 1.82) is 5.41 Å². The number of hydrogen-bond donors (Lipinski definition) is 3. The van der Waals surface area contributed by atoms with E-state index in [0.717, 1.165) is 29.7 Å². The van der Waals surface area contributed by atoms with Crippen molar-refractivity contribution in [2.45, 2.75) is 26.0 Å². The molecule has 0 aliphatic carbocycles. The SMILES string of the molecule is CCn1cc(-c2c[nH]c(C(=NC=N)N3CCN(c4ncc([C@@](C)(O)c5ccc(F)cc5)cn4)CC3)c2)cn1. The van der Waals surface area contributed by atoms with E-state index >= 15 is 0 Å². The first-order valence-corrected chi connectivity index (χ1v) is 12.5. The van der Waals surface area contributed by atoms with Crippen molar-refractivity contribution < 1.29 is 9.50 Å². The average molecular weight is 516 g/mol. The highest BCUT2D eigenvalue weighted by Gasteiger charge is 2.28. The van der Waals surface area contributed by atoms with Gasteiger partial charge in [0.1, 0.15) is 17.8 Å². The molecule has 5 rings (SSSR count). The van der Waals surface area contributed by atoms with Crippen LogP contribution in [0.2, 0.25) is 0 Å². The number of H-pyrrole nitrogens is 1. The fourth-order valence-corrected chi connectivity index (χ4v) is 4.55. The van der Waals surface area contributed by atoms with Crippen LogP contribution in [0.5, 0.6) is 0 Å². The van der Waals surface area contributed by atoms with Crippen LogP contribution in [0.1, 0.15) is 30.7 Å². The zero-order valence-electron chi connectivity index (χ0n) is 21.3. The zero-order valence-corrected chi connectivity index (χ0v) is 21.3. The predicted molar refractivity (Wildman–Crippen MR) is 144 cm³/mol. The number of hydrogen-bond acceptors (Lipinski definition) is 6. The number of aromatic nitrogens is 5. The Morgan fingerprint density at radius 2 is 1.82 bits per heavy atom. The highest BCUT2D eigenvalue weighted by atomic mass is 19.1. The molecule has 0 amide bonds. The molecule has 0 unspecified atom stereocenters. The number of nitrogens with zero attached hydrogens (tertiary/aromatic N) is 7. The Morgan fingerprint density at radius 1 is 1.11 bits per heavy atom. The van der Waals surface area contributed by atoms with Gasteiger partial charge in [0.05, 0.1) is 11.9 Å². The normalized spacial score (nSPS) is 15.9. The van der Waals surface area contributed by atoms with E-state index in [0.29, 0.717) is 49.1 Å². The number of nitrogens with one attached hydrogen (secondary N) is 2. The Bertz CT molecular complexity index is 1420. The van der Waals surface area contributed by atoms with Gasteiger partial charge < -0.3 is 19.9 Å². The van der Waals surface area contributed by atoms with Crippen LogP contribution < -0.4 is 4.90 Å². The number of amidine groups is 1. The van der Waals surface area contributed by atoms with E-state index in [9.17, 15) is 9.50 Å². The molecule has 0 bridgehead atoms. The summed E-state index contributed by atoms with van der Waals surface area (Å²) in [6.45, 7) is 7.18. The third kappa shape index (κ3) is 5.05. The van der Waals surface area contributed by atoms with Crippen molar-refractivity contribution in [1.82, 2.24) is 29.6 Å². The topological polar surface area (TPSA) is 122 Å². The lowest BCUT2D eigenvalue weighted by atomic mass is 9.90. The van der Waals surface area contributed by atoms with Crippen molar-refractivity contribution in [3.05, 3.63) is 84.0 Å². The molecule has 3 aromatic heterocycles. The van der Waals surface area contributed by atoms with E-state index in [1.165, 1.54) is 12.1 Å². The fourth-order valence-electron chi connectivity index (χ4n) is 4.55. The zero-order chi connectivity index (χ0) is 26.7. The molecule has 10 nitrogen and oxygen atoms in total. The number of aliphatic hydroxyl groups is 1. The van der Waals surface area contributed by atoms with Crippen LogP contribution in [-0.2, 0) is 12.1 Å². The number of aromatic amines is 1. The Hall–Kier alpha value is -4.38. The lowest BCUT2D eigenvalue weighted by Gasteiger charge is -2.36. The van der Waals surface area contributed by atoms with Crippen molar-refractivity contribution >= 4 is 18.1 Å². The maximum absolute atomic E-state index is 13.3. The predicted octanol–water partition coefficient (Wildman–Crippen LogP) is 3.26. The van der Waals surface area contributed by atoms with Gasteiger partial charge in [0.25, 0.3) is 0 Å². The van der Waals surface area contributed by atoms with Gasteiger partial charge in [-0.15, -0.1) is 0 Å². The molecule has 11 heteroatoms. The van der Waals surface area contributed by atoms with Crippen LogP contribution in [0.3, 0.4) is 0 Å². The molecular formula is C27H30FN9O. The van der Waals surface area contributed by atoms with Crippen LogP contribution in [-0.4, -0.2) is 73.1 Å². The average Bonchev–Trinajstić information content (AvgIpc) is 3.62. The summed E-state index contributed by atoms with van der Waals surface area (Å²) in [5.74, 6) is 0.925. The van der Waals surface area contributed by atoms with E-state index in [-0.39, 0.29) is 5.82 Å². The molecule has 38 heavy (non-hydrogen) atoms. The third-order valence-electron chi connectivity index (χ3n) is 6.87. The quantitative estimate of drug-likeness (QED) is 0.257. The van der Waals surface area contributed by atoms with Crippen molar-refractivity contribution in [2.24, 2.45) is 4.99 Å². The molecule has 0 saturated carbocycles. The molecule has 4 aromatic rings. The second kappa shape index (κ2) is 10.5. The number of anilines is 1. The molecular weight excluding hydrogens is 485 g/mol. The van der Waals surface area contributed by atoms with Gasteiger partial charge in [-0.3, -0.25) is 10.1 Å². The Balaban J connectivity index is 1.26. The molecule has 0 radical (unpaired) electrons. The minimum atomic E-state index is -1.34. The number of aryl methyl sites for hydroxylation is 1. The lowest BCUT2D eigenvalue weighted by Crippen LogP contribution is -2.49. The largest absolute Gasteiger partial charge is 0.381 e. The Morgan fingerprint density at radius 3 is 2.45 bits per heavy atom. The molecule has 1 saturated heterocycles. The fraction of sp³-hybridized carbons (Fsp3) is 0.296. The first kappa shape index (κ1) is 25.3. The Kier molecular flexibility index (Phi) is 7.01. The summed E-state index contributed by atoms with van der Waals surface area (Å²) in [7, 11) is 0. The van der Waals surface area contributed by atoms with Gasteiger partial charge in [0, 0.05) is 74.2 Å². The van der Waals surface area contributed by atoms with Crippen molar-refractivity contribution in [2.75, 3.05) is 31.1 Å². The molecule has 1 aromatic carbocycles. The summed E-state index contributed by atoms with van der Waals surface area (Å²) in [6, 6.07) is 7.79. The number of piperazine rings is 1. The molecule has 1 atom stereocenters. The van der Waals surface area contributed by atoms with Gasteiger partial charge in [-0.1, -0.05) is 12.1 Å². The van der Waals surface area contributed by atoms with Crippen LogP contribution in [0.4, 0.5) is 10.3 Å². The van der Waals surface area contributed by atoms with E-state index in [1.807, 2.05) is 36.3 Å². The minimum absolute atomic E-state index is 0.357. The molecule has 0 spiro atoms. The number of aliphatic imine (C=N–C) groups is 1. The molecule has 196 valence electrons. The van der Waals surface area contributed by atoms with Crippen LogP contribution in [0.25, 0.3) is 11.1 Å². The summed E-state index contributed by atoms with van der Waals surface area (Å²) in [5, 5.41) is 23.0. The molecule has 1 aliphatic heterocycles. The smallest absolute Gasteiger partial charge is 0.225 e. The highest BCUT2D eigenvalue weighted by molar-refractivity contribution is 6.01. The minimum Gasteiger partial charge on any atom is -0.381 e. The highest BCUT2D eigenvalue weighted by Crippen LogP contribution is 2.29. The van der Waals surface area contributed by atoms with Crippen molar-refractivity contribution in [3.8, 4) is 11.1 Å². The first-order valence-electron chi connectivity index (χ1n) is 12.5. The number of rotatable bonds is 7. The third-order valence-corrected chi connectivity index (χ3v) is 6.87. The maximum atomic E-state index is 13.3. The molecule has 4 heterocycles. The number of halogens is 1. The van der Waals surface area contributed by atoms with E-state index in [2.05, 4.69) is 34.8 Å². The first-order chi connectivity index (χ1) is 18.4. The van der Waals surface area contributed by atoms with Crippen LogP contribution in [0.15, 0.2) is 66.3 Å². The van der Waals surface area contributed by atoms with Gasteiger partial charge in [0.2, 0.25) is 5.95 Å². The lowest BCUT2D eigenvalue weighted by molar-refractivity contribution is 0.101. The van der Waals surface area contributed by atoms with Crippen molar-refractivity contribution in [3.63, 3.8) is 0 Å². The number of benzene rings is 1. The van der Waals surface area contributed by atoms with Gasteiger partial charge in [-0.25, -0.2) is 19.4 Å². The van der Waals surface area contributed by atoms with Gasteiger partial charge >= 0.3 is 0 Å². The van der Waals surface area contributed by atoms with Gasteiger partial charge in [-0.2, -0.15) is 5.10 Å². The van der Waals surface area contributed by atoms with E-state index < -0.39 is 5.60 Å². The summed E-state index contributed by atoms with van der Waals surface area (Å²) < 4.78 is 15.2. The summed E-state index contributed by atoms with van der Waals surface area (Å²) in [4.78, 5) is 20.9. The van der Waals surface area contributed by atoms with E-state index in [4.69, 9.17) is 5.41 Å². The molecule has 3 N–H and O–H groups in total. The van der Waals surface area contributed by atoms with E-state index in [1.54, 1.807) is 31.5 Å². The summed E-state index contributed by atoms with van der Waals surface area (Å²) in [6.07, 6.45) is 10.1. The summed E-state index contributed by atoms with van der Waals surface area (Å²) in [5.41, 5.74) is 2.62. The second-order valence-corrected chi connectivity index (χ2v) is 9.29. The van der Waals surface area contributed by atoms with Crippen LogP contribution >= 0.6 is 0 Å². The standard InChI is InChI=1S/C27H30FN9O/c1-3-37-17-20(14-34-37)19-12-24(30-13-19)25(33-18-29)35-8-10-36(11-9-35)26-31-15-22(16-32-26)27(2,38)21-4-6-23(28)7-5-21/h4-7,12-18,29-30,38H,3,8-11H2,1-2H3/t27-/m0/s1. The monoisotopic (exact) mass is 515 g/mol. The second-order valence-electron chi connectivity index (χ2n) is 9.29. The molecule has 1 aliphatic rings.